The van der Waals surface area contributed by atoms with Gasteiger partial charge in [-0.1, -0.05) is 84.9 Å². The van der Waals surface area contributed by atoms with E-state index < -0.39 is 35.6 Å². The Bertz CT molecular complexity index is 1440. The molecule has 4 N–H and O–H groups in total. The predicted molar refractivity (Wildman–Crippen MR) is 162 cm³/mol. The highest BCUT2D eigenvalue weighted by Gasteiger charge is 2.32. The molecule has 6 nitrogen and oxygen atoms in total. The monoisotopic (exact) mass is 568 g/mol. The average molecular weight is 569 g/mol. The van der Waals surface area contributed by atoms with Gasteiger partial charge in [0.2, 0.25) is 5.91 Å². The smallest absolute Gasteiger partial charge is 0.251 e. The molecule has 218 valence electrons. The fourth-order valence-electron chi connectivity index (χ4n) is 5.03. The maximum Gasteiger partial charge on any atom is 0.251 e. The summed E-state index contributed by atoms with van der Waals surface area (Å²) < 4.78 is 13.4. The summed E-state index contributed by atoms with van der Waals surface area (Å²) in [5, 5.41) is 26.3. The maximum atomic E-state index is 13.7. The van der Waals surface area contributed by atoms with Crippen LogP contribution < -0.4 is 10.6 Å². The first kappa shape index (κ1) is 30.6. The first-order chi connectivity index (χ1) is 20.1. The van der Waals surface area contributed by atoms with Gasteiger partial charge in [0.05, 0.1) is 0 Å². The van der Waals surface area contributed by atoms with Gasteiger partial charge in [-0.25, -0.2) is 4.39 Å². The van der Waals surface area contributed by atoms with Crippen LogP contribution in [0.3, 0.4) is 0 Å². The molecule has 4 rings (SSSR count). The molecule has 42 heavy (non-hydrogen) atoms. The van der Waals surface area contributed by atoms with Gasteiger partial charge >= 0.3 is 0 Å². The quantitative estimate of drug-likeness (QED) is 0.175. The summed E-state index contributed by atoms with van der Waals surface area (Å²) >= 11 is 0. The van der Waals surface area contributed by atoms with E-state index in [4.69, 9.17) is 0 Å². The molecule has 0 saturated carbocycles. The number of hydrogen-bond donors (Lipinski definition) is 4. The molecule has 0 aliphatic heterocycles. The minimum absolute atomic E-state index is 0.00113. The van der Waals surface area contributed by atoms with Crippen LogP contribution in [-0.4, -0.2) is 39.9 Å². The maximum absolute atomic E-state index is 13.7. The summed E-state index contributed by atoms with van der Waals surface area (Å²) in [4.78, 5) is 27.0. The lowest BCUT2D eigenvalue weighted by atomic mass is 9.90. The van der Waals surface area contributed by atoms with Crippen LogP contribution >= 0.6 is 0 Å². The van der Waals surface area contributed by atoms with E-state index in [9.17, 15) is 24.2 Å². The Balaban J connectivity index is 1.53. The summed E-state index contributed by atoms with van der Waals surface area (Å²) in [6.45, 7) is 3.69. The van der Waals surface area contributed by atoms with Crippen molar-refractivity contribution in [3.05, 3.63) is 132 Å². The molecule has 0 spiro atoms. The molecule has 0 heterocycles. The highest BCUT2D eigenvalue weighted by Crippen LogP contribution is 2.22. The summed E-state index contributed by atoms with van der Waals surface area (Å²) in [6.07, 6.45) is -0.965. The number of carbonyl (C=O) groups is 2. The zero-order valence-corrected chi connectivity index (χ0v) is 23.8. The molecule has 0 aromatic heterocycles. The van der Waals surface area contributed by atoms with Crippen molar-refractivity contribution in [2.24, 2.45) is 5.92 Å². The van der Waals surface area contributed by atoms with E-state index in [2.05, 4.69) is 10.6 Å². The van der Waals surface area contributed by atoms with Gasteiger partial charge in [-0.2, -0.15) is 0 Å². The standard InChI is InChI=1S/C35H37FN2O4/c1-35(2,23-25-13-19-30(36)20-14-25)38-33(40)31(22-29(34(41)42)21-24-9-5-3-6-10-24)37-32(39)28-17-15-27(16-18-28)26-11-7-4-8-12-26/h3-20,29,31,34,41-42H,21-23H2,1-2H3,(H,37,39)(H,38,40)/t29-,31-/m0/s1. The molecule has 0 fully saturated rings. The number of halogens is 1. The van der Waals surface area contributed by atoms with Crippen LogP contribution in [0.1, 0.15) is 41.8 Å². The Morgan fingerprint density at radius 3 is 1.93 bits per heavy atom. The lowest BCUT2D eigenvalue weighted by Gasteiger charge is -2.31. The number of amides is 2. The van der Waals surface area contributed by atoms with Gasteiger partial charge < -0.3 is 20.8 Å². The van der Waals surface area contributed by atoms with Gasteiger partial charge in [0.1, 0.15) is 11.9 Å². The van der Waals surface area contributed by atoms with Crippen molar-refractivity contribution in [1.29, 1.82) is 0 Å². The lowest BCUT2D eigenvalue weighted by molar-refractivity contribution is -0.127. The summed E-state index contributed by atoms with van der Waals surface area (Å²) in [6, 6.07) is 31.3. The van der Waals surface area contributed by atoms with E-state index in [1.807, 2.05) is 86.6 Å². The second kappa shape index (κ2) is 14.0. The molecule has 2 amide bonds. The minimum atomic E-state index is -1.70. The highest BCUT2D eigenvalue weighted by molar-refractivity contribution is 5.98. The molecule has 0 bridgehead atoms. The zero-order valence-electron chi connectivity index (χ0n) is 23.8. The third kappa shape index (κ3) is 8.83. The van der Waals surface area contributed by atoms with Crippen molar-refractivity contribution >= 4 is 11.8 Å². The van der Waals surface area contributed by atoms with Crippen molar-refractivity contribution in [2.45, 2.75) is 51.0 Å². The summed E-state index contributed by atoms with van der Waals surface area (Å²) in [7, 11) is 0. The Morgan fingerprint density at radius 2 is 1.33 bits per heavy atom. The van der Waals surface area contributed by atoms with E-state index in [0.717, 1.165) is 22.3 Å². The zero-order chi connectivity index (χ0) is 30.1. The third-order valence-corrected chi connectivity index (χ3v) is 7.20. The predicted octanol–water partition coefficient (Wildman–Crippen LogP) is 5.29. The highest BCUT2D eigenvalue weighted by atomic mass is 19.1. The third-order valence-electron chi connectivity index (χ3n) is 7.20. The fraction of sp³-hybridized carbons (Fsp3) is 0.257. The van der Waals surface area contributed by atoms with E-state index in [0.29, 0.717) is 18.4 Å². The van der Waals surface area contributed by atoms with Crippen LogP contribution in [0.15, 0.2) is 109 Å². The van der Waals surface area contributed by atoms with Crippen molar-refractivity contribution in [2.75, 3.05) is 0 Å². The second-order valence-corrected chi connectivity index (χ2v) is 11.2. The molecule has 0 saturated heterocycles. The lowest BCUT2D eigenvalue weighted by Crippen LogP contribution is -2.55. The molecule has 7 heteroatoms. The Hall–Kier alpha value is -4.33. The van der Waals surface area contributed by atoms with Crippen LogP contribution in [-0.2, 0) is 17.6 Å². The van der Waals surface area contributed by atoms with Crippen LogP contribution in [0.5, 0.6) is 0 Å². The summed E-state index contributed by atoms with van der Waals surface area (Å²) in [5.74, 6) is -1.96. The van der Waals surface area contributed by atoms with Gasteiger partial charge in [0, 0.05) is 17.0 Å². The van der Waals surface area contributed by atoms with Crippen molar-refractivity contribution in [3.8, 4) is 11.1 Å². The molecule has 0 aliphatic rings. The number of carbonyl (C=O) groups excluding carboxylic acids is 2. The molecule has 0 radical (unpaired) electrons. The van der Waals surface area contributed by atoms with E-state index in [1.54, 1.807) is 24.3 Å². The van der Waals surface area contributed by atoms with Gasteiger partial charge in [0.25, 0.3) is 5.91 Å². The summed E-state index contributed by atoms with van der Waals surface area (Å²) in [5.41, 5.74) is 3.34. The number of hydrogen-bond acceptors (Lipinski definition) is 4. The SMILES string of the molecule is CC(C)(Cc1ccc(F)cc1)NC(=O)[C@H](C[C@H](Cc1ccccc1)C(O)O)NC(=O)c1ccc(-c2ccccc2)cc1. The molecular weight excluding hydrogens is 531 g/mol. The Labute approximate surface area is 246 Å². The number of benzene rings is 4. The van der Waals surface area contributed by atoms with Crippen molar-refractivity contribution in [3.63, 3.8) is 0 Å². The molecule has 0 aliphatic carbocycles. The van der Waals surface area contributed by atoms with Crippen LogP contribution in [0.2, 0.25) is 0 Å². The molecular formula is C35H37FN2O4. The number of aliphatic hydroxyl groups is 2. The number of rotatable bonds is 12. The van der Waals surface area contributed by atoms with E-state index in [1.165, 1.54) is 12.1 Å². The first-order valence-electron chi connectivity index (χ1n) is 14.0. The fourth-order valence-corrected chi connectivity index (χ4v) is 5.03. The Morgan fingerprint density at radius 1 is 0.762 bits per heavy atom. The van der Waals surface area contributed by atoms with E-state index >= 15 is 0 Å². The number of aliphatic hydroxyl groups excluding tert-OH is 1. The topological polar surface area (TPSA) is 98.7 Å². The van der Waals surface area contributed by atoms with Gasteiger partial charge in [0.15, 0.2) is 6.29 Å². The Kier molecular flexibility index (Phi) is 10.2. The first-order valence-corrected chi connectivity index (χ1v) is 14.0. The van der Waals surface area contributed by atoms with Crippen molar-refractivity contribution in [1.82, 2.24) is 10.6 Å². The van der Waals surface area contributed by atoms with Crippen LogP contribution in [0.4, 0.5) is 4.39 Å². The molecule has 4 aromatic carbocycles. The normalized spacial score (nSPS) is 12.9. The van der Waals surface area contributed by atoms with Crippen LogP contribution in [0, 0.1) is 11.7 Å². The second-order valence-electron chi connectivity index (χ2n) is 11.2. The minimum Gasteiger partial charge on any atom is -0.368 e. The van der Waals surface area contributed by atoms with E-state index in [-0.39, 0.29) is 12.2 Å². The molecule has 0 unspecified atom stereocenters. The van der Waals surface area contributed by atoms with Crippen molar-refractivity contribution < 1.29 is 24.2 Å². The average Bonchev–Trinajstić information content (AvgIpc) is 2.98. The largest absolute Gasteiger partial charge is 0.368 e. The molecule has 2 atom stereocenters. The van der Waals surface area contributed by atoms with Gasteiger partial charge in [-0.05, 0) is 79.6 Å². The van der Waals surface area contributed by atoms with Gasteiger partial charge in [-0.15, -0.1) is 0 Å². The molecule has 4 aromatic rings. The van der Waals surface area contributed by atoms with Gasteiger partial charge in [-0.3, -0.25) is 9.59 Å². The number of nitrogens with one attached hydrogen (secondary N) is 2. The van der Waals surface area contributed by atoms with Crippen LogP contribution in [0.25, 0.3) is 11.1 Å².